The number of aliphatic hydroxyl groups is 1. The third-order valence-electron chi connectivity index (χ3n) is 7.45. The van der Waals surface area contributed by atoms with Crippen LogP contribution < -0.4 is 10.4 Å². The Morgan fingerprint density at radius 3 is 2.53 bits per heavy atom. The Hall–Kier alpha value is -2.59. The van der Waals surface area contributed by atoms with E-state index in [-0.39, 0.29) is 23.0 Å². The number of halogens is 4. The summed E-state index contributed by atoms with van der Waals surface area (Å²) in [6.07, 6.45) is 0.927. The van der Waals surface area contributed by atoms with Crippen LogP contribution in [0.15, 0.2) is 29.1 Å². The SMILES string of the molecule is COc1ccc(F)cc1C(C)(C)CC(O)(CN1CCC(n2c3c([nH]c2=O)C=CCC3)CC1)C(F)(F)F. The Balaban J connectivity index is 1.51. The lowest BCUT2D eigenvalue weighted by atomic mass is 9.74. The first kappa shape index (κ1) is 26.5. The van der Waals surface area contributed by atoms with Crippen LogP contribution in [-0.4, -0.2) is 58.1 Å². The molecule has 1 unspecified atom stereocenters. The van der Waals surface area contributed by atoms with E-state index in [9.17, 15) is 27.5 Å². The van der Waals surface area contributed by atoms with Crippen molar-refractivity contribution in [2.75, 3.05) is 26.7 Å². The molecule has 1 aliphatic carbocycles. The molecule has 0 spiro atoms. The number of benzene rings is 1. The molecule has 198 valence electrons. The van der Waals surface area contributed by atoms with Crippen molar-refractivity contribution in [3.63, 3.8) is 0 Å². The van der Waals surface area contributed by atoms with Crippen LogP contribution in [0.4, 0.5) is 17.6 Å². The number of nitrogens with one attached hydrogen (secondary N) is 1. The predicted molar refractivity (Wildman–Crippen MR) is 129 cm³/mol. The Morgan fingerprint density at radius 2 is 1.89 bits per heavy atom. The zero-order valence-electron chi connectivity index (χ0n) is 20.8. The van der Waals surface area contributed by atoms with Gasteiger partial charge in [-0.25, -0.2) is 9.18 Å². The number of rotatable bonds is 7. The van der Waals surface area contributed by atoms with Crippen LogP contribution in [0.25, 0.3) is 6.08 Å². The molecule has 36 heavy (non-hydrogen) atoms. The number of likely N-dealkylation sites (tertiary alicyclic amines) is 1. The van der Waals surface area contributed by atoms with Gasteiger partial charge in [-0.3, -0.25) is 9.47 Å². The second kappa shape index (κ2) is 9.70. The van der Waals surface area contributed by atoms with Crippen molar-refractivity contribution >= 4 is 6.08 Å². The number of piperidine rings is 1. The third-order valence-corrected chi connectivity index (χ3v) is 7.45. The van der Waals surface area contributed by atoms with Crippen molar-refractivity contribution in [2.24, 2.45) is 0 Å². The summed E-state index contributed by atoms with van der Waals surface area (Å²) in [6.45, 7) is 3.11. The van der Waals surface area contributed by atoms with Gasteiger partial charge < -0.3 is 14.8 Å². The Bertz CT molecular complexity index is 1180. The zero-order chi connectivity index (χ0) is 26.3. The van der Waals surface area contributed by atoms with Crippen molar-refractivity contribution < 1.29 is 27.4 Å². The summed E-state index contributed by atoms with van der Waals surface area (Å²) in [5, 5.41) is 11.0. The fourth-order valence-electron chi connectivity index (χ4n) is 5.69. The molecule has 1 saturated heterocycles. The Morgan fingerprint density at radius 1 is 1.19 bits per heavy atom. The second-order valence-corrected chi connectivity index (χ2v) is 10.5. The number of hydrogen-bond donors (Lipinski definition) is 2. The summed E-state index contributed by atoms with van der Waals surface area (Å²) in [5.74, 6) is -0.323. The molecule has 0 amide bonds. The van der Waals surface area contributed by atoms with Crippen molar-refractivity contribution in [3.8, 4) is 5.75 Å². The molecular formula is C26H33F4N3O3. The zero-order valence-corrected chi connectivity index (χ0v) is 20.8. The monoisotopic (exact) mass is 511 g/mol. The maximum absolute atomic E-state index is 14.3. The average molecular weight is 512 g/mol. The highest BCUT2D eigenvalue weighted by molar-refractivity contribution is 5.50. The molecule has 6 nitrogen and oxygen atoms in total. The lowest BCUT2D eigenvalue weighted by Crippen LogP contribution is -2.57. The highest BCUT2D eigenvalue weighted by Crippen LogP contribution is 2.44. The molecule has 2 aromatic rings. The molecule has 10 heteroatoms. The quantitative estimate of drug-likeness (QED) is 0.534. The maximum atomic E-state index is 14.3. The molecule has 0 radical (unpaired) electrons. The minimum absolute atomic E-state index is 0.104. The van der Waals surface area contributed by atoms with Gasteiger partial charge in [0.05, 0.1) is 12.8 Å². The molecule has 1 fully saturated rings. The number of nitrogens with zero attached hydrogens (tertiary/aromatic N) is 2. The topological polar surface area (TPSA) is 70.5 Å². The number of aromatic amines is 1. The summed E-state index contributed by atoms with van der Waals surface area (Å²) in [5.41, 5.74) is -2.44. The summed E-state index contributed by atoms with van der Waals surface area (Å²) in [6, 6.07) is 3.61. The van der Waals surface area contributed by atoms with Gasteiger partial charge in [-0.1, -0.05) is 19.9 Å². The number of alkyl halides is 3. The Labute approximate surface area is 207 Å². The van der Waals surface area contributed by atoms with E-state index in [1.165, 1.54) is 19.2 Å². The second-order valence-electron chi connectivity index (χ2n) is 10.5. The van der Waals surface area contributed by atoms with Gasteiger partial charge in [-0.15, -0.1) is 0 Å². The van der Waals surface area contributed by atoms with Gasteiger partial charge in [0.1, 0.15) is 11.6 Å². The van der Waals surface area contributed by atoms with Crippen LogP contribution in [-0.2, 0) is 11.8 Å². The summed E-state index contributed by atoms with van der Waals surface area (Å²) in [7, 11) is 1.37. The third kappa shape index (κ3) is 5.11. The van der Waals surface area contributed by atoms with E-state index in [0.29, 0.717) is 25.9 Å². The minimum atomic E-state index is -4.90. The smallest absolute Gasteiger partial charge is 0.418 e. The van der Waals surface area contributed by atoms with E-state index < -0.39 is 36.0 Å². The number of hydrogen-bond acceptors (Lipinski definition) is 4. The molecule has 1 atom stereocenters. The number of fused-ring (bicyclic) bond motifs is 1. The standard InChI is InChI=1S/C26H33F4N3O3/c1-24(2,19-14-17(27)8-9-22(19)36-3)15-25(35,26(28,29)30)16-32-12-10-18(11-13-32)33-21-7-5-4-6-20(21)31-23(33)34/h4,6,8-9,14,18,35H,5,7,10-13,15-16H2,1-3H3,(H,31,34). The molecular weight excluding hydrogens is 478 g/mol. The first-order valence-electron chi connectivity index (χ1n) is 12.2. The highest BCUT2D eigenvalue weighted by atomic mass is 19.4. The van der Waals surface area contributed by atoms with Crippen LogP contribution in [0, 0.1) is 5.82 Å². The molecule has 0 bridgehead atoms. The van der Waals surface area contributed by atoms with Crippen molar-refractivity contribution in [3.05, 3.63) is 57.5 Å². The van der Waals surface area contributed by atoms with Crippen molar-refractivity contribution in [2.45, 2.75) is 69.2 Å². The lowest BCUT2D eigenvalue weighted by molar-refractivity contribution is -0.272. The Kier molecular flexibility index (Phi) is 7.13. The van der Waals surface area contributed by atoms with Gasteiger partial charge in [-0.05, 0) is 61.8 Å². The normalized spacial score (nSPS) is 19.2. The van der Waals surface area contributed by atoms with E-state index >= 15 is 0 Å². The highest BCUT2D eigenvalue weighted by Gasteiger charge is 2.57. The summed E-state index contributed by atoms with van der Waals surface area (Å²) < 4.78 is 63.8. The molecule has 2 aliphatic rings. The van der Waals surface area contributed by atoms with Crippen LogP contribution in [0.5, 0.6) is 5.75 Å². The summed E-state index contributed by atoms with van der Waals surface area (Å²) >= 11 is 0. The first-order valence-corrected chi connectivity index (χ1v) is 12.2. The molecule has 2 N–H and O–H groups in total. The van der Waals surface area contributed by atoms with Gasteiger partial charge in [0, 0.05) is 36.9 Å². The largest absolute Gasteiger partial charge is 0.496 e. The van der Waals surface area contributed by atoms with Crippen LogP contribution in [0.3, 0.4) is 0 Å². The maximum Gasteiger partial charge on any atom is 0.418 e. The van der Waals surface area contributed by atoms with Crippen LogP contribution >= 0.6 is 0 Å². The number of H-pyrrole nitrogens is 1. The predicted octanol–water partition coefficient (Wildman–Crippen LogP) is 4.58. The van der Waals surface area contributed by atoms with E-state index in [1.807, 2.05) is 12.2 Å². The van der Waals surface area contributed by atoms with Gasteiger partial charge in [-0.2, -0.15) is 13.2 Å². The van der Waals surface area contributed by atoms with Crippen LogP contribution in [0.2, 0.25) is 0 Å². The van der Waals surface area contributed by atoms with Crippen molar-refractivity contribution in [1.82, 2.24) is 14.5 Å². The van der Waals surface area contributed by atoms with E-state index in [4.69, 9.17) is 4.74 Å². The summed E-state index contributed by atoms with van der Waals surface area (Å²) in [4.78, 5) is 17.0. The number of methoxy groups -OCH3 is 1. The number of β-amino-alcohol motifs (C(OH)–C–C–N with tert-alkyl or cyclic N) is 1. The number of imidazole rings is 1. The van der Waals surface area contributed by atoms with Crippen molar-refractivity contribution in [1.29, 1.82) is 0 Å². The van der Waals surface area contributed by atoms with E-state index in [0.717, 1.165) is 30.3 Å². The van der Waals surface area contributed by atoms with Crippen LogP contribution in [0.1, 0.15) is 62.5 Å². The molecule has 4 rings (SSSR count). The molecule has 1 aliphatic heterocycles. The molecule has 0 saturated carbocycles. The van der Waals surface area contributed by atoms with Gasteiger partial charge in [0.15, 0.2) is 5.60 Å². The molecule has 2 heterocycles. The van der Waals surface area contributed by atoms with E-state index in [2.05, 4.69) is 4.98 Å². The van der Waals surface area contributed by atoms with E-state index in [1.54, 1.807) is 23.3 Å². The minimum Gasteiger partial charge on any atom is -0.496 e. The van der Waals surface area contributed by atoms with Gasteiger partial charge in [0.25, 0.3) is 0 Å². The number of aromatic nitrogens is 2. The van der Waals surface area contributed by atoms with Gasteiger partial charge >= 0.3 is 11.9 Å². The number of allylic oxidation sites excluding steroid dienone is 1. The number of ether oxygens (including phenoxy) is 1. The molecule has 1 aromatic heterocycles. The van der Waals surface area contributed by atoms with Gasteiger partial charge in [0.2, 0.25) is 0 Å². The molecule has 1 aromatic carbocycles. The first-order chi connectivity index (χ1) is 16.8. The average Bonchev–Trinajstić information content (AvgIpc) is 3.14. The lowest BCUT2D eigenvalue weighted by Gasteiger charge is -2.42. The fourth-order valence-corrected chi connectivity index (χ4v) is 5.69. The fraction of sp³-hybridized carbons (Fsp3) is 0.577.